The Kier molecular flexibility index (Phi) is 6.59. The Bertz CT molecular complexity index is 518. The van der Waals surface area contributed by atoms with Crippen LogP contribution in [0.3, 0.4) is 0 Å². The molecule has 2 rings (SSSR count). The van der Waals surface area contributed by atoms with Gasteiger partial charge in [0.2, 0.25) is 0 Å². The van der Waals surface area contributed by atoms with E-state index in [4.69, 9.17) is 9.84 Å². The van der Waals surface area contributed by atoms with Gasteiger partial charge in [0, 0.05) is 6.54 Å². The van der Waals surface area contributed by atoms with Crippen LogP contribution in [0.5, 0.6) is 0 Å². The van der Waals surface area contributed by atoms with Crippen molar-refractivity contribution in [2.24, 2.45) is 5.92 Å². The summed E-state index contributed by atoms with van der Waals surface area (Å²) in [7, 11) is 0. The zero-order chi connectivity index (χ0) is 16.7. The minimum absolute atomic E-state index is 0.202. The average Bonchev–Trinajstić information content (AvgIpc) is 2.56. The third-order valence-corrected chi connectivity index (χ3v) is 4.26. The first-order valence-electron chi connectivity index (χ1n) is 8.31. The van der Waals surface area contributed by atoms with Gasteiger partial charge in [-0.05, 0) is 50.0 Å². The number of ether oxygens (including phenoxy) is 1. The van der Waals surface area contributed by atoms with Crippen LogP contribution in [-0.4, -0.2) is 41.6 Å². The molecule has 23 heavy (non-hydrogen) atoms. The Labute approximate surface area is 137 Å². The van der Waals surface area contributed by atoms with Crippen molar-refractivity contribution in [2.45, 2.75) is 39.2 Å². The van der Waals surface area contributed by atoms with Crippen LogP contribution in [0.1, 0.15) is 48.5 Å². The summed E-state index contributed by atoms with van der Waals surface area (Å²) in [5.74, 6) is -1.16. The van der Waals surface area contributed by atoms with Crippen LogP contribution in [0, 0.1) is 5.92 Å². The summed E-state index contributed by atoms with van der Waals surface area (Å²) in [6, 6.07) is 7.49. The lowest BCUT2D eigenvalue weighted by molar-refractivity contribution is -0.143. The number of hydrogen-bond donors (Lipinski definition) is 1. The lowest BCUT2D eigenvalue weighted by atomic mass is 9.97. The summed E-state index contributed by atoms with van der Waals surface area (Å²) in [4.78, 5) is 25.0. The van der Waals surface area contributed by atoms with Crippen molar-refractivity contribution >= 4 is 11.9 Å². The molecular formula is C18H25NO4. The molecule has 1 aromatic carbocycles. The summed E-state index contributed by atoms with van der Waals surface area (Å²) in [5, 5.41) is 9.01. The fourth-order valence-corrected chi connectivity index (χ4v) is 2.74. The lowest BCUT2D eigenvalue weighted by Gasteiger charge is -2.30. The molecule has 1 N–H and O–H groups in total. The number of rotatable bonds is 7. The molecule has 1 aliphatic rings. The van der Waals surface area contributed by atoms with Gasteiger partial charge >= 0.3 is 11.9 Å². The highest BCUT2D eigenvalue weighted by molar-refractivity contribution is 5.89. The largest absolute Gasteiger partial charge is 0.481 e. The Morgan fingerprint density at radius 2 is 1.87 bits per heavy atom. The standard InChI is InChI=1S/C18H25NO4/c1-2-3-12-23-18(22)16-6-4-14(5-7-16)13-19-10-8-15(9-11-19)17(20)21/h4-7,15H,2-3,8-13H2,1H3,(H,20,21). The Morgan fingerprint density at radius 3 is 2.43 bits per heavy atom. The van der Waals surface area contributed by atoms with E-state index in [0.717, 1.165) is 38.0 Å². The SMILES string of the molecule is CCCCOC(=O)c1ccc(CN2CCC(C(=O)O)CC2)cc1. The van der Waals surface area contributed by atoms with Crippen LogP contribution in [0.15, 0.2) is 24.3 Å². The molecule has 1 saturated heterocycles. The summed E-state index contributed by atoms with van der Waals surface area (Å²) in [5.41, 5.74) is 1.71. The van der Waals surface area contributed by atoms with Crippen molar-refractivity contribution in [3.63, 3.8) is 0 Å². The molecule has 5 nitrogen and oxygen atoms in total. The van der Waals surface area contributed by atoms with E-state index < -0.39 is 5.97 Å². The highest BCUT2D eigenvalue weighted by atomic mass is 16.5. The van der Waals surface area contributed by atoms with Gasteiger partial charge in [0.1, 0.15) is 0 Å². The van der Waals surface area contributed by atoms with Crippen LogP contribution < -0.4 is 0 Å². The van der Waals surface area contributed by atoms with Crippen molar-refractivity contribution in [3.05, 3.63) is 35.4 Å². The number of carbonyl (C=O) groups is 2. The Balaban J connectivity index is 1.81. The molecular weight excluding hydrogens is 294 g/mol. The molecule has 1 aliphatic heterocycles. The third-order valence-electron chi connectivity index (χ3n) is 4.26. The monoisotopic (exact) mass is 319 g/mol. The molecule has 0 amide bonds. The van der Waals surface area contributed by atoms with Crippen molar-refractivity contribution in [2.75, 3.05) is 19.7 Å². The summed E-state index contributed by atoms with van der Waals surface area (Å²) in [6.45, 7) is 4.92. The third kappa shape index (κ3) is 5.36. The van der Waals surface area contributed by atoms with E-state index in [-0.39, 0.29) is 11.9 Å². The number of carboxylic acids is 1. The number of carbonyl (C=O) groups excluding carboxylic acids is 1. The molecule has 5 heteroatoms. The van der Waals surface area contributed by atoms with E-state index >= 15 is 0 Å². The number of hydrogen-bond acceptors (Lipinski definition) is 4. The van der Waals surface area contributed by atoms with Gasteiger partial charge in [-0.3, -0.25) is 9.69 Å². The van der Waals surface area contributed by atoms with Gasteiger partial charge in [-0.1, -0.05) is 25.5 Å². The number of aliphatic carboxylic acids is 1. The van der Waals surface area contributed by atoms with E-state index in [9.17, 15) is 9.59 Å². The number of nitrogens with zero attached hydrogens (tertiary/aromatic N) is 1. The quantitative estimate of drug-likeness (QED) is 0.618. The van der Waals surface area contributed by atoms with Crippen molar-refractivity contribution in [1.29, 1.82) is 0 Å². The topological polar surface area (TPSA) is 66.8 Å². The minimum atomic E-state index is -0.685. The first-order chi connectivity index (χ1) is 11.1. The van der Waals surface area contributed by atoms with Crippen molar-refractivity contribution < 1.29 is 19.4 Å². The maximum atomic E-state index is 11.8. The summed E-state index contributed by atoms with van der Waals surface area (Å²) < 4.78 is 5.19. The average molecular weight is 319 g/mol. The van der Waals surface area contributed by atoms with Gasteiger partial charge in [-0.15, -0.1) is 0 Å². The van der Waals surface area contributed by atoms with Gasteiger partial charge in [0.25, 0.3) is 0 Å². The molecule has 0 unspecified atom stereocenters. The van der Waals surface area contributed by atoms with Gasteiger partial charge < -0.3 is 9.84 Å². The zero-order valence-electron chi connectivity index (χ0n) is 13.7. The van der Waals surface area contributed by atoms with E-state index in [1.165, 1.54) is 0 Å². The fourth-order valence-electron chi connectivity index (χ4n) is 2.74. The molecule has 126 valence electrons. The second-order valence-electron chi connectivity index (χ2n) is 6.08. The Hall–Kier alpha value is -1.88. The number of likely N-dealkylation sites (tertiary alicyclic amines) is 1. The number of piperidine rings is 1. The summed E-state index contributed by atoms with van der Waals surface area (Å²) in [6.07, 6.45) is 3.30. The second-order valence-corrected chi connectivity index (χ2v) is 6.08. The highest BCUT2D eigenvalue weighted by Crippen LogP contribution is 2.19. The molecule has 0 spiro atoms. The number of unbranched alkanes of at least 4 members (excludes halogenated alkanes) is 1. The van der Waals surface area contributed by atoms with E-state index in [1.54, 1.807) is 12.1 Å². The molecule has 0 aromatic heterocycles. The van der Waals surface area contributed by atoms with Crippen LogP contribution in [0.4, 0.5) is 0 Å². The number of carboxylic acid groups (broad SMARTS) is 1. The molecule has 0 atom stereocenters. The highest BCUT2D eigenvalue weighted by Gasteiger charge is 2.24. The van der Waals surface area contributed by atoms with Gasteiger partial charge in [-0.25, -0.2) is 4.79 Å². The van der Waals surface area contributed by atoms with E-state index in [0.29, 0.717) is 25.0 Å². The molecule has 1 aromatic rings. The number of benzene rings is 1. The van der Waals surface area contributed by atoms with Crippen molar-refractivity contribution in [1.82, 2.24) is 4.90 Å². The number of esters is 1. The molecule has 0 bridgehead atoms. The van der Waals surface area contributed by atoms with Crippen LogP contribution >= 0.6 is 0 Å². The molecule has 1 fully saturated rings. The van der Waals surface area contributed by atoms with Crippen LogP contribution in [0.2, 0.25) is 0 Å². The molecule has 0 saturated carbocycles. The minimum Gasteiger partial charge on any atom is -0.481 e. The zero-order valence-corrected chi connectivity index (χ0v) is 13.7. The lowest BCUT2D eigenvalue weighted by Crippen LogP contribution is -2.35. The normalized spacial score (nSPS) is 16.2. The molecule has 0 radical (unpaired) electrons. The van der Waals surface area contributed by atoms with Crippen LogP contribution in [-0.2, 0) is 16.1 Å². The summed E-state index contributed by atoms with van der Waals surface area (Å²) >= 11 is 0. The van der Waals surface area contributed by atoms with E-state index in [1.807, 2.05) is 12.1 Å². The Morgan fingerprint density at radius 1 is 1.22 bits per heavy atom. The maximum Gasteiger partial charge on any atom is 0.338 e. The van der Waals surface area contributed by atoms with Crippen LogP contribution in [0.25, 0.3) is 0 Å². The first-order valence-corrected chi connectivity index (χ1v) is 8.31. The molecule has 0 aliphatic carbocycles. The van der Waals surface area contributed by atoms with Gasteiger partial charge in [-0.2, -0.15) is 0 Å². The van der Waals surface area contributed by atoms with E-state index in [2.05, 4.69) is 11.8 Å². The first kappa shape index (κ1) is 17.5. The predicted octanol–water partition coefficient (Wildman–Crippen LogP) is 2.94. The molecule has 1 heterocycles. The predicted molar refractivity (Wildman–Crippen MR) is 87.3 cm³/mol. The van der Waals surface area contributed by atoms with Gasteiger partial charge in [0.15, 0.2) is 0 Å². The maximum absolute atomic E-state index is 11.8. The fraction of sp³-hybridized carbons (Fsp3) is 0.556. The smallest absolute Gasteiger partial charge is 0.338 e. The van der Waals surface area contributed by atoms with Gasteiger partial charge in [0.05, 0.1) is 18.1 Å². The van der Waals surface area contributed by atoms with Crippen molar-refractivity contribution in [3.8, 4) is 0 Å². The second kappa shape index (κ2) is 8.67.